The van der Waals surface area contributed by atoms with Crippen LogP contribution in [0, 0.1) is 0 Å². The Morgan fingerprint density at radius 1 is 1.18 bits per heavy atom. The predicted molar refractivity (Wildman–Crippen MR) is 93.5 cm³/mol. The summed E-state index contributed by atoms with van der Waals surface area (Å²) < 4.78 is 0. The van der Waals surface area contributed by atoms with Crippen molar-refractivity contribution in [1.82, 2.24) is 9.97 Å². The monoisotopic (exact) mass is 333 g/mol. The molecule has 114 valence electrons. The standard InChI is InChI=1S/C17H17Cl2N3/c18-12-8-14-13(5-1-2-6-20)16(11-4-3-7-21-10-11)22-17(14)15(19)9-12/h3-4,7-10,22H,1-2,5-6,20H2. The van der Waals surface area contributed by atoms with E-state index >= 15 is 0 Å². The number of aromatic nitrogens is 2. The minimum atomic E-state index is 0.637. The van der Waals surface area contributed by atoms with Gasteiger partial charge in [-0.05, 0) is 55.6 Å². The van der Waals surface area contributed by atoms with E-state index in [0.717, 1.165) is 41.4 Å². The quantitative estimate of drug-likeness (QED) is 0.657. The third-order valence-electron chi connectivity index (χ3n) is 3.76. The number of pyridine rings is 1. The van der Waals surface area contributed by atoms with E-state index in [2.05, 4.69) is 9.97 Å². The molecule has 3 nitrogen and oxygen atoms in total. The molecule has 3 N–H and O–H groups in total. The second-order valence-electron chi connectivity index (χ2n) is 5.28. The van der Waals surface area contributed by atoms with Crippen LogP contribution in [0.5, 0.6) is 0 Å². The average Bonchev–Trinajstić information content (AvgIpc) is 2.88. The van der Waals surface area contributed by atoms with Crippen molar-refractivity contribution in [1.29, 1.82) is 0 Å². The fraction of sp³-hybridized carbons (Fsp3) is 0.235. The summed E-state index contributed by atoms with van der Waals surface area (Å²) in [6.45, 7) is 0.700. The van der Waals surface area contributed by atoms with E-state index in [1.54, 1.807) is 12.3 Å². The molecule has 0 aliphatic carbocycles. The minimum absolute atomic E-state index is 0.637. The molecule has 22 heavy (non-hydrogen) atoms. The summed E-state index contributed by atoms with van der Waals surface area (Å²) in [4.78, 5) is 7.65. The van der Waals surface area contributed by atoms with Crippen LogP contribution in [0.4, 0.5) is 0 Å². The van der Waals surface area contributed by atoms with Crippen molar-refractivity contribution in [3.05, 3.63) is 52.3 Å². The molecular weight excluding hydrogens is 317 g/mol. The number of aromatic amines is 1. The van der Waals surface area contributed by atoms with Crippen LogP contribution >= 0.6 is 23.2 Å². The van der Waals surface area contributed by atoms with E-state index in [0.29, 0.717) is 16.6 Å². The van der Waals surface area contributed by atoms with Crippen molar-refractivity contribution < 1.29 is 0 Å². The highest BCUT2D eigenvalue weighted by molar-refractivity contribution is 6.38. The first kappa shape index (κ1) is 15.3. The second-order valence-corrected chi connectivity index (χ2v) is 6.12. The Morgan fingerprint density at radius 2 is 2.05 bits per heavy atom. The van der Waals surface area contributed by atoms with Crippen molar-refractivity contribution in [2.75, 3.05) is 6.54 Å². The maximum absolute atomic E-state index is 6.35. The lowest BCUT2D eigenvalue weighted by Crippen LogP contribution is -1.99. The van der Waals surface area contributed by atoms with Gasteiger partial charge in [0.25, 0.3) is 0 Å². The van der Waals surface area contributed by atoms with Gasteiger partial charge in [-0.2, -0.15) is 0 Å². The Balaban J connectivity index is 2.17. The van der Waals surface area contributed by atoms with Gasteiger partial charge in [0.2, 0.25) is 0 Å². The lowest BCUT2D eigenvalue weighted by molar-refractivity contribution is 0.748. The molecule has 0 unspecified atom stereocenters. The zero-order chi connectivity index (χ0) is 15.5. The van der Waals surface area contributed by atoms with Crippen LogP contribution in [0.25, 0.3) is 22.2 Å². The van der Waals surface area contributed by atoms with Gasteiger partial charge in [-0.15, -0.1) is 0 Å². The number of nitrogens with two attached hydrogens (primary N) is 1. The van der Waals surface area contributed by atoms with Crippen LogP contribution in [-0.2, 0) is 6.42 Å². The molecule has 0 radical (unpaired) electrons. The summed E-state index contributed by atoms with van der Waals surface area (Å²) in [6, 6.07) is 7.70. The molecule has 0 saturated carbocycles. The van der Waals surface area contributed by atoms with Gasteiger partial charge in [0.1, 0.15) is 0 Å². The summed E-state index contributed by atoms with van der Waals surface area (Å²) >= 11 is 12.5. The van der Waals surface area contributed by atoms with E-state index in [1.807, 2.05) is 24.4 Å². The largest absolute Gasteiger partial charge is 0.353 e. The maximum atomic E-state index is 6.35. The van der Waals surface area contributed by atoms with Crippen LogP contribution < -0.4 is 5.73 Å². The fourth-order valence-electron chi connectivity index (χ4n) is 2.74. The highest BCUT2D eigenvalue weighted by atomic mass is 35.5. The summed E-state index contributed by atoms with van der Waals surface area (Å²) in [7, 11) is 0. The van der Waals surface area contributed by atoms with E-state index in [1.165, 1.54) is 5.56 Å². The molecule has 0 fully saturated rings. The molecule has 3 aromatic rings. The number of hydrogen-bond acceptors (Lipinski definition) is 2. The lowest BCUT2D eigenvalue weighted by Gasteiger charge is -2.05. The molecule has 2 heterocycles. The van der Waals surface area contributed by atoms with Crippen molar-refractivity contribution >= 4 is 34.1 Å². The van der Waals surface area contributed by atoms with Gasteiger partial charge < -0.3 is 10.7 Å². The summed E-state index contributed by atoms with van der Waals surface area (Å²) in [5.74, 6) is 0. The van der Waals surface area contributed by atoms with Crippen LogP contribution in [0.3, 0.4) is 0 Å². The van der Waals surface area contributed by atoms with Crippen molar-refractivity contribution in [2.45, 2.75) is 19.3 Å². The minimum Gasteiger partial charge on any atom is -0.353 e. The number of rotatable bonds is 5. The fourth-order valence-corrected chi connectivity index (χ4v) is 3.28. The number of fused-ring (bicyclic) bond motifs is 1. The third-order valence-corrected chi connectivity index (χ3v) is 4.28. The number of hydrogen-bond donors (Lipinski definition) is 2. The Hall–Kier alpha value is -1.55. The topological polar surface area (TPSA) is 54.7 Å². The molecular formula is C17H17Cl2N3. The van der Waals surface area contributed by atoms with Gasteiger partial charge in [-0.25, -0.2) is 0 Å². The Kier molecular flexibility index (Phi) is 4.67. The first-order valence-corrected chi connectivity index (χ1v) is 8.06. The zero-order valence-corrected chi connectivity index (χ0v) is 13.6. The van der Waals surface area contributed by atoms with Gasteiger partial charge in [0.15, 0.2) is 0 Å². The highest BCUT2D eigenvalue weighted by Gasteiger charge is 2.15. The molecule has 0 spiro atoms. The summed E-state index contributed by atoms with van der Waals surface area (Å²) in [5.41, 5.74) is 9.87. The van der Waals surface area contributed by atoms with Gasteiger partial charge >= 0.3 is 0 Å². The number of unbranched alkanes of at least 4 members (excludes halogenated alkanes) is 1. The number of H-pyrrole nitrogens is 1. The van der Waals surface area contributed by atoms with E-state index in [-0.39, 0.29) is 0 Å². The normalized spacial score (nSPS) is 11.2. The van der Waals surface area contributed by atoms with Gasteiger partial charge in [-0.1, -0.05) is 23.2 Å². The molecule has 0 aliphatic rings. The predicted octanol–water partition coefficient (Wildman–Crippen LogP) is 4.82. The van der Waals surface area contributed by atoms with E-state index in [9.17, 15) is 0 Å². The Labute approximate surface area is 139 Å². The van der Waals surface area contributed by atoms with E-state index in [4.69, 9.17) is 28.9 Å². The van der Waals surface area contributed by atoms with Crippen molar-refractivity contribution in [3.63, 3.8) is 0 Å². The Morgan fingerprint density at radius 3 is 2.77 bits per heavy atom. The first-order chi connectivity index (χ1) is 10.7. The zero-order valence-electron chi connectivity index (χ0n) is 12.1. The molecule has 0 aliphatic heterocycles. The molecule has 2 aromatic heterocycles. The van der Waals surface area contributed by atoms with Crippen LogP contribution in [0.2, 0.25) is 10.0 Å². The van der Waals surface area contributed by atoms with Crippen LogP contribution in [0.1, 0.15) is 18.4 Å². The number of nitrogens with one attached hydrogen (secondary N) is 1. The number of nitrogens with zero attached hydrogens (tertiary/aromatic N) is 1. The summed E-state index contributed by atoms with van der Waals surface area (Å²) in [6.07, 6.45) is 6.57. The first-order valence-electron chi connectivity index (χ1n) is 7.30. The third kappa shape index (κ3) is 2.98. The molecule has 0 atom stereocenters. The summed E-state index contributed by atoms with van der Waals surface area (Å²) in [5, 5.41) is 2.36. The van der Waals surface area contributed by atoms with Gasteiger partial charge in [0.05, 0.1) is 16.2 Å². The van der Waals surface area contributed by atoms with Gasteiger partial charge in [-0.3, -0.25) is 4.98 Å². The van der Waals surface area contributed by atoms with Crippen LogP contribution in [-0.4, -0.2) is 16.5 Å². The molecule has 0 bridgehead atoms. The SMILES string of the molecule is NCCCCc1c(-c2cccnc2)[nH]c2c(Cl)cc(Cl)cc12. The highest BCUT2D eigenvalue weighted by Crippen LogP contribution is 2.36. The number of benzene rings is 1. The molecule has 5 heteroatoms. The van der Waals surface area contributed by atoms with Gasteiger partial charge in [0, 0.05) is 28.4 Å². The molecule has 0 amide bonds. The van der Waals surface area contributed by atoms with E-state index < -0.39 is 0 Å². The lowest BCUT2D eigenvalue weighted by atomic mass is 10.0. The molecule has 1 aromatic carbocycles. The smallest absolute Gasteiger partial charge is 0.0662 e. The molecule has 3 rings (SSSR count). The second kappa shape index (κ2) is 6.69. The molecule has 0 saturated heterocycles. The number of aryl methyl sites for hydroxylation is 1. The van der Waals surface area contributed by atoms with Crippen molar-refractivity contribution in [2.24, 2.45) is 5.73 Å². The average molecular weight is 334 g/mol. The maximum Gasteiger partial charge on any atom is 0.0662 e. The number of halogens is 2. The van der Waals surface area contributed by atoms with Crippen LogP contribution in [0.15, 0.2) is 36.7 Å². The Bertz CT molecular complexity index is 781. The van der Waals surface area contributed by atoms with Crippen molar-refractivity contribution in [3.8, 4) is 11.3 Å².